The van der Waals surface area contributed by atoms with Crippen LogP contribution < -0.4 is 5.32 Å². The number of rotatable bonds is 6. The van der Waals surface area contributed by atoms with E-state index in [0.29, 0.717) is 12.0 Å². The molecule has 0 aliphatic carbocycles. The van der Waals surface area contributed by atoms with Crippen molar-refractivity contribution in [3.05, 3.63) is 18.2 Å². The lowest BCUT2D eigenvalue weighted by atomic mass is 10.2. The minimum Gasteiger partial charge on any atom is -0.331 e. The maximum Gasteiger partial charge on any atom is 0.0951 e. The first-order chi connectivity index (χ1) is 7.15. The topological polar surface area (TPSA) is 29.9 Å². The van der Waals surface area contributed by atoms with Gasteiger partial charge < -0.3 is 9.88 Å². The van der Waals surface area contributed by atoms with E-state index >= 15 is 0 Å². The Kier molecular flexibility index (Phi) is 4.82. The molecule has 3 heteroatoms. The Morgan fingerprint density at radius 1 is 1.40 bits per heavy atom. The maximum atomic E-state index is 4.21. The lowest BCUT2D eigenvalue weighted by molar-refractivity contribution is 0.487. The van der Waals surface area contributed by atoms with Gasteiger partial charge in [0.05, 0.1) is 12.0 Å². The summed E-state index contributed by atoms with van der Waals surface area (Å²) in [6.07, 6.45) is 5.04. The third-order valence-corrected chi connectivity index (χ3v) is 2.67. The lowest BCUT2D eigenvalue weighted by Crippen LogP contribution is -2.21. The van der Waals surface area contributed by atoms with Crippen molar-refractivity contribution in [3.8, 4) is 0 Å². The molecule has 0 aliphatic rings. The van der Waals surface area contributed by atoms with Crippen molar-refractivity contribution in [2.24, 2.45) is 5.92 Å². The highest BCUT2D eigenvalue weighted by atomic mass is 15.1. The molecule has 1 aromatic heterocycles. The summed E-state index contributed by atoms with van der Waals surface area (Å²) in [7, 11) is 0. The van der Waals surface area contributed by atoms with E-state index in [1.165, 1.54) is 5.69 Å². The molecule has 0 saturated heterocycles. The summed E-state index contributed by atoms with van der Waals surface area (Å²) in [6.45, 7) is 10.9. The van der Waals surface area contributed by atoms with Crippen LogP contribution in [0.5, 0.6) is 0 Å². The second-order valence-corrected chi connectivity index (χ2v) is 4.57. The molecular formula is C12H23N3. The molecule has 15 heavy (non-hydrogen) atoms. The summed E-state index contributed by atoms with van der Waals surface area (Å²) in [5.74, 6) is 0.699. The number of hydrogen-bond donors (Lipinski definition) is 1. The second-order valence-electron chi connectivity index (χ2n) is 4.57. The van der Waals surface area contributed by atoms with Crippen molar-refractivity contribution in [1.82, 2.24) is 14.9 Å². The molecule has 0 amide bonds. The van der Waals surface area contributed by atoms with Gasteiger partial charge in [0.1, 0.15) is 0 Å². The maximum absolute atomic E-state index is 4.21. The quantitative estimate of drug-likeness (QED) is 0.780. The van der Waals surface area contributed by atoms with Gasteiger partial charge in [0.15, 0.2) is 0 Å². The molecule has 0 spiro atoms. The number of aromatic nitrogens is 2. The zero-order chi connectivity index (χ0) is 11.3. The van der Waals surface area contributed by atoms with Crippen LogP contribution >= 0.6 is 0 Å². The van der Waals surface area contributed by atoms with Crippen molar-refractivity contribution in [1.29, 1.82) is 0 Å². The van der Waals surface area contributed by atoms with Gasteiger partial charge in [0, 0.05) is 18.8 Å². The molecule has 1 atom stereocenters. The first-order valence-electron chi connectivity index (χ1n) is 5.86. The fourth-order valence-electron chi connectivity index (χ4n) is 1.55. The molecule has 3 nitrogen and oxygen atoms in total. The number of nitrogens with one attached hydrogen (secondary N) is 1. The summed E-state index contributed by atoms with van der Waals surface area (Å²) in [6, 6.07) is 0.545. The first-order valence-corrected chi connectivity index (χ1v) is 5.86. The van der Waals surface area contributed by atoms with Gasteiger partial charge in [-0.3, -0.25) is 0 Å². The molecule has 1 aromatic rings. The average molecular weight is 209 g/mol. The molecule has 0 saturated carbocycles. The minimum absolute atomic E-state index is 0.545. The molecule has 0 aromatic carbocycles. The van der Waals surface area contributed by atoms with E-state index in [2.05, 4.69) is 42.6 Å². The zero-order valence-electron chi connectivity index (χ0n) is 10.3. The summed E-state index contributed by atoms with van der Waals surface area (Å²) in [5, 5.41) is 3.45. The van der Waals surface area contributed by atoms with E-state index in [-0.39, 0.29) is 0 Å². The van der Waals surface area contributed by atoms with Crippen molar-refractivity contribution in [2.75, 3.05) is 6.54 Å². The zero-order valence-corrected chi connectivity index (χ0v) is 10.3. The second kappa shape index (κ2) is 5.91. The van der Waals surface area contributed by atoms with Crippen molar-refractivity contribution >= 4 is 0 Å². The van der Waals surface area contributed by atoms with E-state index in [0.717, 1.165) is 19.5 Å². The average Bonchev–Trinajstić information content (AvgIpc) is 2.64. The van der Waals surface area contributed by atoms with Gasteiger partial charge in [-0.15, -0.1) is 0 Å². The van der Waals surface area contributed by atoms with Crippen LogP contribution in [0.4, 0.5) is 0 Å². The van der Waals surface area contributed by atoms with Gasteiger partial charge in [0.25, 0.3) is 0 Å². The molecule has 0 fully saturated rings. The van der Waals surface area contributed by atoms with Gasteiger partial charge >= 0.3 is 0 Å². The van der Waals surface area contributed by atoms with Crippen LogP contribution in [0, 0.1) is 5.92 Å². The molecule has 1 unspecified atom stereocenters. The monoisotopic (exact) mass is 209 g/mol. The Balaban J connectivity index is 2.50. The van der Waals surface area contributed by atoms with E-state index in [9.17, 15) is 0 Å². The number of nitrogens with zero attached hydrogens (tertiary/aromatic N) is 2. The fourth-order valence-corrected chi connectivity index (χ4v) is 1.55. The van der Waals surface area contributed by atoms with E-state index in [1.54, 1.807) is 0 Å². The third-order valence-electron chi connectivity index (χ3n) is 2.67. The molecule has 1 N–H and O–H groups in total. The molecule has 1 rings (SSSR count). The smallest absolute Gasteiger partial charge is 0.0951 e. The van der Waals surface area contributed by atoms with Crippen LogP contribution in [0.1, 0.15) is 45.9 Å². The highest BCUT2D eigenvalue weighted by molar-refractivity contribution is 4.99. The Bertz CT molecular complexity index is 278. The summed E-state index contributed by atoms with van der Waals surface area (Å²) in [5.41, 5.74) is 1.28. The minimum atomic E-state index is 0.545. The molecule has 0 radical (unpaired) electrons. The van der Waals surface area contributed by atoms with E-state index < -0.39 is 0 Å². The Morgan fingerprint density at radius 3 is 2.73 bits per heavy atom. The normalized spacial score (nSPS) is 13.4. The Hall–Kier alpha value is -0.830. The highest BCUT2D eigenvalue weighted by Gasteiger charge is 2.06. The van der Waals surface area contributed by atoms with Gasteiger partial charge in [0.2, 0.25) is 0 Å². The van der Waals surface area contributed by atoms with Crippen LogP contribution in [0.3, 0.4) is 0 Å². The summed E-state index contributed by atoms with van der Waals surface area (Å²) >= 11 is 0. The van der Waals surface area contributed by atoms with Crippen LogP contribution in [0.2, 0.25) is 0 Å². The van der Waals surface area contributed by atoms with Gasteiger partial charge in [-0.25, -0.2) is 4.98 Å². The number of hydrogen-bond acceptors (Lipinski definition) is 2. The Labute approximate surface area is 92.9 Å². The largest absolute Gasteiger partial charge is 0.331 e. The third kappa shape index (κ3) is 3.67. The Morgan fingerprint density at radius 2 is 2.13 bits per heavy atom. The van der Waals surface area contributed by atoms with Crippen LogP contribution in [-0.4, -0.2) is 16.1 Å². The van der Waals surface area contributed by atoms with Crippen molar-refractivity contribution in [2.45, 2.75) is 46.7 Å². The number of imidazole rings is 1. The molecule has 86 valence electrons. The fraction of sp³-hybridized carbons (Fsp3) is 0.750. The van der Waals surface area contributed by atoms with Gasteiger partial charge in [-0.1, -0.05) is 20.8 Å². The van der Waals surface area contributed by atoms with Crippen LogP contribution in [0.25, 0.3) is 0 Å². The molecule has 0 aliphatic heterocycles. The SMILES string of the molecule is CCC(C)n1cncc1CNCC(C)C. The standard InChI is InChI=1S/C12H23N3/c1-5-11(4)15-9-14-8-12(15)7-13-6-10(2)3/h8-11,13H,5-7H2,1-4H3. The lowest BCUT2D eigenvalue weighted by Gasteiger charge is -2.15. The van der Waals surface area contributed by atoms with Crippen molar-refractivity contribution < 1.29 is 0 Å². The first kappa shape index (κ1) is 12.2. The van der Waals surface area contributed by atoms with Crippen LogP contribution in [-0.2, 0) is 6.54 Å². The summed E-state index contributed by atoms with van der Waals surface area (Å²) in [4.78, 5) is 4.21. The predicted molar refractivity (Wildman–Crippen MR) is 63.8 cm³/mol. The molecule has 0 bridgehead atoms. The van der Waals surface area contributed by atoms with E-state index in [4.69, 9.17) is 0 Å². The van der Waals surface area contributed by atoms with Gasteiger partial charge in [-0.2, -0.15) is 0 Å². The van der Waals surface area contributed by atoms with Crippen molar-refractivity contribution in [3.63, 3.8) is 0 Å². The highest BCUT2D eigenvalue weighted by Crippen LogP contribution is 2.12. The summed E-state index contributed by atoms with van der Waals surface area (Å²) < 4.78 is 2.26. The van der Waals surface area contributed by atoms with Crippen LogP contribution in [0.15, 0.2) is 12.5 Å². The predicted octanol–water partition coefficient (Wildman–Crippen LogP) is 2.60. The van der Waals surface area contributed by atoms with E-state index in [1.807, 2.05) is 12.5 Å². The molecule has 1 heterocycles. The van der Waals surface area contributed by atoms with Gasteiger partial charge in [-0.05, 0) is 25.8 Å². The molecular weight excluding hydrogens is 186 g/mol.